The van der Waals surface area contributed by atoms with Crippen LogP contribution in [0, 0.1) is 0 Å². The standard InChI is InChI=1S/C4H3ClF4OS/c5-1(3(10)11)2(6)4(7,8)9/h1-2H,(H,10,11). The SMILES string of the molecule is O=C(S)C(Cl)C(F)C(F)(F)F. The van der Waals surface area contributed by atoms with Gasteiger partial charge in [0.25, 0.3) is 0 Å². The first-order chi connectivity index (χ1) is 4.76. The Balaban J connectivity index is 4.25. The molecule has 2 atom stereocenters. The van der Waals surface area contributed by atoms with Crippen molar-refractivity contribution in [1.82, 2.24) is 0 Å². The Morgan fingerprint density at radius 1 is 1.45 bits per heavy atom. The lowest BCUT2D eigenvalue weighted by Crippen LogP contribution is -2.36. The maximum absolute atomic E-state index is 12.0. The third-order valence-electron chi connectivity index (χ3n) is 0.806. The quantitative estimate of drug-likeness (QED) is 0.419. The molecule has 0 aromatic carbocycles. The molecule has 0 aliphatic rings. The van der Waals surface area contributed by atoms with Gasteiger partial charge in [0, 0.05) is 0 Å². The van der Waals surface area contributed by atoms with Crippen LogP contribution in [0.1, 0.15) is 0 Å². The van der Waals surface area contributed by atoms with Gasteiger partial charge in [0.15, 0.2) is 0 Å². The molecule has 2 unspecified atom stereocenters. The van der Waals surface area contributed by atoms with Crippen LogP contribution >= 0.6 is 24.2 Å². The molecule has 0 fully saturated rings. The summed E-state index contributed by atoms with van der Waals surface area (Å²) in [5.41, 5.74) is 0. The van der Waals surface area contributed by atoms with Crippen molar-refractivity contribution in [2.75, 3.05) is 0 Å². The Kier molecular flexibility index (Phi) is 3.63. The molecule has 0 saturated heterocycles. The number of carbonyl (C=O) groups excluding carboxylic acids is 1. The summed E-state index contributed by atoms with van der Waals surface area (Å²) in [7, 11) is 0. The van der Waals surface area contributed by atoms with Crippen LogP contribution in [0.15, 0.2) is 0 Å². The second-order valence-corrected chi connectivity index (χ2v) is 2.59. The first-order valence-corrected chi connectivity index (χ1v) is 3.23. The van der Waals surface area contributed by atoms with E-state index in [0.717, 1.165) is 0 Å². The number of thiol groups is 1. The fourth-order valence-electron chi connectivity index (χ4n) is 0.291. The van der Waals surface area contributed by atoms with Crippen LogP contribution in [0.5, 0.6) is 0 Å². The molecular weight excluding hydrogens is 208 g/mol. The molecule has 0 saturated carbocycles. The van der Waals surface area contributed by atoms with Gasteiger partial charge in [-0.2, -0.15) is 13.2 Å². The lowest BCUT2D eigenvalue weighted by molar-refractivity contribution is -0.181. The summed E-state index contributed by atoms with van der Waals surface area (Å²) in [6.07, 6.45) is -8.46. The Labute approximate surface area is 70.1 Å². The molecular formula is C4H3ClF4OS. The molecule has 0 rings (SSSR count). The van der Waals surface area contributed by atoms with Gasteiger partial charge in [0.1, 0.15) is 5.38 Å². The highest BCUT2D eigenvalue weighted by molar-refractivity contribution is 7.97. The van der Waals surface area contributed by atoms with Crippen molar-refractivity contribution in [3.63, 3.8) is 0 Å². The van der Waals surface area contributed by atoms with Crippen molar-refractivity contribution in [2.45, 2.75) is 17.7 Å². The zero-order valence-electron chi connectivity index (χ0n) is 4.90. The van der Waals surface area contributed by atoms with Gasteiger partial charge >= 0.3 is 6.18 Å². The minimum absolute atomic E-state index is 1.34. The molecule has 11 heavy (non-hydrogen) atoms. The highest BCUT2D eigenvalue weighted by Crippen LogP contribution is 2.28. The van der Waals surface area contributed by atoms with E-state index in [-0.39, 0.29) is 0 Å². The molecule has 66 valence electrons. The van der Waals surface area contributed by atoms with E-state index in [1.165, 1.54) is 0 Å². The smallest absolute Gasteiger partial charge is 0.286 e. The van der Waals surface area contributed by atoms with Crippen LogP contribution < -0.4 is 0 Å². The number of carbonyl (C=O) groups is 1. The van der Waals surface area contributed by atoms with E-state index in [0.29, 0.717) is 0 Å². The van der Waals surface area contributed by atoms with Crippen molar-refractivity contribution >= 4 is 29.3 Å². The molecule has 7 heteroatoms. The number of alkyl halides is 5. The summed E-state index contributed by atoms with van der Waals surface area (Å²) in [6.45, 7) is 0. The van der Waals surface area contributed by atoms with E-state index < -0.39 is 22.8 Å². The molecule has 0 aromatic heterocycles. The average Bonchev–Trinajstić information content (AvgIpc) is 1.82. The Morgan fingerprint density at radius 2 is 1.82 bits per heavy atom. The molecule has 0 spiro atoms. The molecule has 0 heterocycles. The lowest BCUT2D eigenvalue weighted by atomic mass is 10.3. The van der Waals surface area contributed by atoms with Gasteiger partial charge in [0.05, 0.1) is 0 Å². The Bertz CT molecular complexity index is 159. The van der Waals surface area contributed by atoms with Gasteiger partial charge in [-0.15, -0.1) is 24.2 Å². The van der Waals surface area contributed by atoms with E-state index in [2.05, 4.69) is 12.6 Å². The van der Waals surface area contributed by atoms with Crippen LogP contribution in [-0.2, 0) is 4.79 Å². The largest absolute Gasteiger partial charge is 0.421 e. The summed E-state index contributed by atoms with van der Waals surface area (Å²) in [5.74, 6) is 0. The van der Waals surface area contributed by atoms with E-state index in [4.69, 9.17) is 11.6 Å². The number of hydrogen-bond acceptors (Lipinski definition) is 1. The number of halogens is 5. The summed E-state index contributed by atoms with van der Waals surface area (Å²) < 4.78 is 46.3. The van der Waals surface area contributed by atoms with Crippen LogP contribution in [0.25, 0.3) is 0 Å². The summed E-state index contributed by atoms with van der Waals surface area (Å²) in [5, 5.41) is -3.60. The normalized spacial score (nSPS) is 17.6. The molecule has 0 N–H and O–H groups in total. The van der Waals surface area contributed by atoms with Crippen molar-refractivity contribution in [3.05, 3.63) is 0 Å². The fourth-order valence-corrected chi connectivity index (χ4v) is 0.565. The highest BCUT2D eigenvalue weighted by atomic mass is 35.5. The van der Waals surface area contributed by atoms with Gasteiger partial charge in [-0.25, -0.2) is 4.39 Å². The molecule has 0 aliphatic heterocycles. The molecule has 0 aromatic rings. The Morgan fingerprint density at radius 3 is 1.91 bits per heavy atom. The topological polar surface area (TPSA) is 17.1 Å². The van der Waals surface area contributed by atoms with Crippen molar-refractivity contribution < 1.29 is 22.4 Å². The second-order valence-electron chi connectivity index (χ2n) is 1.68. The molecule has 0 bridgehead atoms. The van der Waals surface area contributed by atoms with Gasteiger partial charge in [-0.1, -0.05) is 0 Å². The van der Waals surface area contributed by atoms with E-state index in [1.807, 2.05) is 0 Å². The van der Waals surface area contributed by atoms with Gasteiger partial charge in [-0.3, -0.25) is 4.79 Å². The third kappa shape index (κ3) is 3.29. The monoisotopic (exact) mass is 210 g/mol. The summed E-state index contributed by atoms with van der Waals surface area (Å²) in [6, 6.07) is 0. The minimum atomic E-state index is -5.11. The molecule has 0 radical (unpaired) electrons. The van der Waals surface area contributed by atoms with Crippen LogP contribution in [-0.4, -0.2) is 22.8 Å². The number of hydrogen-bond donors (Lipinski definition) is 1. The predicted octanol–water partition coefficient (Wildman–Crippen LogP) is 1.95. The van der Waals surface area contributed by atoms with Crippen LogP contribution in [0.3, 0.4) is 0 Å². The zero-order chi connectivity index (χ0) is 9.23. The second kappa shape index (κ2) is 3.62. The Hall–Kier alpha value is 0.0300. The first-order valence-electron chi connectivity index (χ1n) is 2.34. The van der Waals surface area contributed by atoms with E-state index >= 15 is 0 Å². The van der Waals surface area contributed by atoms with Crippen LogP contribution in [0.2, 0.25) is 0 Å². The van der Waals surface area contributed by atoms with Gasteiger partial charge in [0.2, 0.25) is 11.3 Å². The van der Waals surface area contributed by atoms with Crippen LogP contribution in [0.4, 0.5) is 17.6 Å². The molecule has 1 nitrogen and oxygen atoms in total. The fraction of sp³-hybridized carbons (Fsp3) is 0.750. The highest BCUT2D eigenvalue weighted by Gasteiger charge is 2.46. The van der Waals surface area contributed by atoms with E-state index in [9.17, 15) is 22.4 Å². The summed E-state index contributed by atoms with van der Waals surface area (Å²) >= 11 is 7.68. The maximum Gasteiger partial charge on any atom is 0.421 e. The lowest BCUT2D eigenvalue weighted by Gasteiger charge is -2.14. The van der Waals surface area contributed by atoms with Gasteiger partial charge < -0.3 is 0 Å². The predicted molar refractivity (Wildman–Crippen MR) is 34.6 cm³/mol. The molecule has 0 aliphatic carbocycles. The van der Waals surface area contributed by atoms with Gasteiger partial charge in [-0.05, 0) is 0 Å². The number of rotatable bonds is 2. The van der Waals surface area contributed by atoms with E-state index in [1.54, 1.807) is 0 Å². The minimum Gasteiger partial charge on any atom is -0.286 e. The first kappa shape index (κ1) is 11.0. The third-order valence-corrected chi connectivity index (χ3v) is 1.66. The average molecular weight is 211 g/mol. The van der Waals surface area contributed by atoms with Crippen molar-refractivity contribution in [3.8, 4) is 0 Å². The zero-order valence-corrected chi connectivity index (χ0v) is 6.55. The maximum atomic E-state index is 12.0. The van der Waals surface area contributed by atoms with Crippen molar-refractivity contribution in [2.24, 2.45) is 0 Å². The van der Waals surface area contributed by atoms with Crippen molar-refractivity contribution in [1.29, 1.82) is 0 Å². The molecule has 0 amide bonds. The summed E-state index contributed by atoms with van der Waals surface area (Å²) in [4.78, 5) is 10.0.